The minimum Gasteiger partial charge on any atom is -0.496 e. The minimum absolute atomic E-state index is 0.132. The highest BCUT2D eigenvalue weighted by Crippen LogP contribution is 2.26. The monoisotopic (exact) mass is 273 g/mol. The maximum atomic E-state index is 9.36. The molecule has 5 heteroatoms. The Labute approximate surface area is 113 Å². The minimum atomic E-state index is -0.690. The first-order chi connectivity index (χ1) is 8.62. The fourth-order valence-electron chi connectivity index (χ4n) is 1.69. The van der Waals surface area contributed by atoms with Gasteiger partial charge in [-0.2, -0.15) is 0 Å². The van der Waals surface area contributed by atoms with E-state index in [9.17, 15) is 10.2 Å². The van der Waals surface area contributed by atoms with E-state index in [2.05, 4.69) is 5.32 Å². The molecule has 0 atom stereocenters. The topological polar surface area (TPSA) is 61.7 Å². The summed E-state index contributed by atoms with van der Waals surface area (Å²) >= 11 is 6.12. The van der Waals surface area contributed by atoms with Gasteiger partial charge in [0, 0.05) is 17.1 Å². The van der Waals surface area contributed by atoms with Gasteiger partial charge in [0.2, 0.25) is 0 Å². The molecule has 4 nitrogen and oxygen atoms in total. The summed E-state index contributed by atoms with van der Waals surface area (Å²) in [4.78, 5) is 0. The molecule has 3 N–H and O–H groups in total. The second-order valence-corrected chi connectivity index (χ2v) is 4.63. The number of rotatable bonds is 7. The van der Waals surface area contributed by atoms with Crippen LogP contribution in [-0.2, 0) is 6.54 Å². The van der Waals surface area contributed by atoms with Gasteiger partial charge >= 0.3 is 0 Å². The van der Waals surface area contributed by atoms with Gasteiger partial charge in [-0.05, 0) is 18.6 Å². The van der Waals surface area contributed by atoms with Gasteiger partial charge in [-0.3, -0.25) is 0 Å². The van der Waals surface area contributed by atoms with Crippen LogP contribution in [0.15, 0.2) is 18.2 Å². The van der Waals surface area contributed by atoms with E-state index in [1.165, 1.54) is 0 Å². The second-order valence-electron chi connectivity index (χ2n) is 4.22. The van der Waals surface area contributed by atoms with Crippen LogP contribution in [0.25, 0.3) is 0 Å². The van der Waals surface area contributed by atoms with E-state index < -0.39 is 5.54 Å². The second kappa shape index (κ2) is 6.95. The van der Waals surface area contributed by atoms with Crippen molar-refractivity contribution in [3.05, 3.63) is 28.8 Å². The van der Waals surface area contributed by atoms with E-state index >= 15 is 0 Å². The Morgan fingerprint density at radius 1 is 1.33 bits per heavy atom. The first-order valence-corrected chi connectivity index (χ1v) is 6.28. The van der Waals surface area contributed by atoms with Crippen molar-refractivity contribution >= 4 is 11.6 Å². The largest absolute Gasteiger partial charge is 0.496 e. The third-order valence-electron chi connectivity index (χ3n) is 3.22. The summed E-state index contributed by atoms with van der Waals surface area (Å²) in [5.41, 5.74) is 0.130. The average Bonchev–Trinajstić information content (AvgIpc) is 2.42. The maximum Gasteiger partial charge on any atom is 0.124 e. The molecule has 1 aromatic carbocycles. The smallest absolute Gasteiger partial charge is 0.124 e. The van der Waals surface area contributed by atoms with E-state index in [0.29, 0.717) is 23.7 Å². The van der Waals surface area contributed by atoms with Crippen molar-refractivity contribution < 1.29 is 14.9 Å². The molecule has 102 valence electrons. The normalized spacial score (nSPS) is 11.6. The summed E-state index contributed by atoms with van der Waals surface area (Å²) in [5, 5.41) is 22.5. The van der Waals surface area contributed by atoms with Crippen molar-refractivity contribution in [1.82, 2.24) is 5.32 Å². The van der Waals surface area contributed by atoms with E-state index in [-0.39, 0.29) is 13.2 Å². The van der Waals surface area contributed by atoms with Gasteiger partial charge in [-0.25, -0.2) is 0 Å². The zero-order valence-corrected chi connectivity index (χ0v) is 11.5. The predicted octanol–water partition coefficient (Wildman–Crippen LogP) is 1.57. The maximum absolute atomic E-state index is 9.36. The fraction of sp³-hybridized carbons (Fsp3) is 0.538. The Morgan fingerprint density at radius 3 is 2.50 bits per heavy atom. The van der Waals surface area contributed by atoms with Crippen LogP contribution in [0.4, 0.5) is 0 Å². The molecule has 0 aliphatic carbocycles. The van der Waals surface area contributed by atoms with Crippen LogP contribution in [0.2, 0.25) is 5.02 Å². The SMILES string of the molecule is CCC(CO)(CO)NCc1c(Cl)cccc1OC. The molecule has 0 bridgehead atoms. The number of ether oxygens (including phenoxy) is 1. The first kappa shape index (κ1) is 15.2. The van der Waals surface area contributed by atoms with Crippen LogP contribution in [-0.4, -0.2) is 36.1 Å². The third kappa shape index (κ3) is 3.36. The number of benzene rings is 1. The van der Waals surface area contributed by atoms with Gasteiger partial charge in [0.05, 0.1) is 25.9 Å². The number of halogens is 1. The molecular weight excluding hydrogens is 254 g/mol. The molecule has 0 radical (unpaired) electrons. The van der Waals surface area contributed by atoms with Crippen LogP contribution in [0, 0.1) is 0 Å². The Kier molecular flexibility index (Phi) is 5.88. The Bertz CT molecular complexity index is 372. The summed E-state index contributed by atoms with van der Waals surface area (Å²) in [6.07, 6.45) is 0.618. The summed E-state index contributed by atoms with van der Waals surface area (Å²) in [5.74, 6) is 0.691. The number of methoxy groups -OCH3 is 1. The lowest BCUT2D eigenvalue weighted by atomic mass is 9.98. The zero-order chi connectivity index (χ0) is 13.6. The van der Waals surface area contributed by atoms with Crippen molar-refractivity contribution in [2.75, 3.05) is 20.3 Å². The van der Waals surface area contributed by atoms with Gasteiger partial charge in [0.15, 0.2) is 0 Å². The van der Waals surface area contributed by atoms with Crippen molar-refractivity contribution in [2.45, 2.75) is 25.4 Å². The third-order valence-corrected chi connectivity index (χ3v) is 3.57. The van der Waals surface area contributed by atoms with Gasteiger partial charge in [0.1, 0.15) is 5.75 Å². The number of nitrogens with one attached hydrogen (secondary N) is 1. The van der Waals surface area contributed by atoms with E-state index in [1.54, 1.807) is 13.2 Å². The molecule has 0 amide bonds. The molecule has 0 spiro atoms. The molecule has 0 heterocycles. The highest BCUT2D eigenvalue weighted by Gasteiger charge is 2.26. The van der Waals surface area contributed by atoms with Gasteiger partial charge in [-0.15, -0.1) is 0 Å². The molecule has 0 aromatic heterocycles. The number of aliphatic hydroxyl groups excluding tert-OH is 2. The Balaban J connectivity index is 2.85. The number of hydrogen-bond donors (Lipinski definition) is 3. The molecule has 1 rings (SSSR count). The van der Waals surface area contributed by atoms with Crippen LogP contribution in [0.3, 0.4) is 0 Å². The molecule has 1 aromatic rings. The molecule has 0 saturated carbocycles. The lowest BCUT2D eigenvalue weighted by Gasteiger charge is -2.30. The van der Waals surface area contributed by atoms with Crippen molar-refractivity contribution in [3.63, 3.8) is 0 Å². The van der Waals surface area contributed by atoms with Gasteiger partial charge in [-0.1, -0.05) is 24.6 Å². The summed E-state index contributed by atoms with van der Waals surface area (Å²) in [6, 6.07) is 5.43. The molecule has 0 fully saturated rings. The van der Waals surface area contributed by atoms with E-state index in [4.69, 9.17) is 16.3 Å². The molecule has 0 unspecified atom stereocenters. The molecular formula is C13H20ClNO3. The summed E-state index contributed by atoms with van der Waals surface area (Å²) in [7, 11) is 1.58. The highest BCUT2D eigenvalue weighted by atomic mass is 35.5. The molecule has 0 aliphatic heterocycles. The van der Waals surface area contributed by atoms with Crippen LogP contribution < -0.4 is 10.1 Å². The molecule has 0 saturated heterocycles. The van der Waals surface area contributed by atoms with E-state index in [0.717, 1.165) is 5.56 Å². The van der Waals surface area contributed by atoms with Crippen molar-refractivity contribution in [1.29, 1.82) is 0 Å². The zero-order valence-electron chi connectivity index (χ0n) is 10.7. The standard InChI is InChI=1S/C13H20ClNO3/c1-3-13(8-16,9-17)15-7-10-11(14)5-4-6-12(10)18-2/h4-6,15-17H,3,7-9H2,1-2H3. The summed E-state index contributed by atoms with van der Waals surface area (Å²) in [6.45, 7) is 2.07. The Morgan fingerprint density at radius 2 is 2.00 bits per heavy atom. The summed E-state index contributed by atoms with van der Waals surface area (Å²) < 4.78 is 5.24. The predicted molar refractivity (Wildman–Crippen MR) is 72.0 cm³/mol. The van der Waals surface area contributed by atoms with Gasteiger partial charge < -0.3 is 20.3 Å². The molecule has 18 heavy (non-hydrogen) atoms. The lowest BCUT2D eigenvalue weighted by Crippen LogP contribution is -2.50. The lowest BCUT2D eigenvalue weighted by molar-refractivity contribution is 0.0862. The molecule has 0 aliphatic rings. The number of aliphatic hydroxyl groups is 2. The quantitative estimate of drug-likeness (QED) is 0.706. The fourth-order valence-corrected chi connectivity index (χ4v) is 1.92. The average molecular weight is 274 g/mol. The highest BCUT2D eigenvalue weighted by molar-refractivity contribution is 6.31. The van der Waals surface area contributed by atoms with Crippen LogP contribution in [0.5, 0.6) is 5.75 Å². The van der Waals surface area contributed by atoms with Crippen LogP contribution in [0.1, 0.15) is 18.9 Å². The van der Waals surface area contributed by atoms with E-state index in [1.807, 2.05) is 19.1 Å². The number of hydrogen-bond acceptors (Lipinski definition) is 4. The van der Waals surface area contributed by atoms with Gasteiger partial charge in [0.25, 0.3) is 0 Å². The first-order valence-electron chi connectivity index (χ1n) is 5.90. The van der Waals surface area contributed by atoms with Crippen LogP contribution >= 0.6 is 11.6 Å². The Hall–Kier alpha value is -0.810. The van der Waals surface area contributed by atoms with Crippen molar-refractivity contribution in [3.8, 4) is 5.75 Å². The van der Waals surface area contributed by atoms with Crippen molar-refractivity contribution in [2.24, 2.45) is 0 Å².